The fourth-order valence-electron chi connectivity index (χ4n) is 5.69. The Labute approximate surface area is 196 Å². The fraction of sp³-hybridized carbons (Fsp3) is 0.429. The summed E-state index contributed by atoms with van der Waals surface area (Å²) in [6.07, 6.45) is 6.23. The third-order valence-electron chi connectivity index (χ3n) is 7.62. The predicted octanol–water partition coefficient (Wildman–Crippen LogP) is 5.15. The van der Waals surface area contributed by atoms with Crippen LogP contribution in [0.25, 0.3) is 10.9 Å². The molecule has 0 bridgehead atoms. The maximum atomic E-state index is 14.0. The topological polar surface area (TPSA) is 45.6 Å². The van der Waals surface area contributed by atoms with Crippen molar-refractivity contribution >= 4 is 22.7 Å². The number of amides is 2. The molecule has 2 aliphatic heterocycles. The number of nitrogens with zero attached hydrogens (tertiary/aromatic N) is 3. The number of benzene rings is 2. The summed E-state index contributed by atoms with van der Waals surface area (Å²) in [5.41, 5.74) is 3.94. The number of hydrogen-bond donors (Lipinski definition) is 0. The maximum Gasteiger partial charge on any atom is 0.255 e. The number of piperidine rings is 1. The molecule has 0 radical (unpaired) electrons. The van der Waals surface area contributed by atoms with Crippen LogP contribution in [0.2, 0.25) is 0 Å². The minimum Gasteiger partial charge on any atom is -0.350 e. The zero-order valence-electron chi connectivity index (χ0n) is 19.8. The largest absolute Gasteiger partial charge is 0.350 e. The highest BCUT2D eigenvalue weighted by molar-refractivity contribution is 6.03. The molecule has 2 amide bonds. The van der Waals surface area contributed by atoms with Gasteiger partial charge in [0.05, 0.1) is 6.04 Å². The van der Waals surface area contributed by atoms with Crippen LogP contribution in [0.1, 0.15) is 67.1 Å². The molecule has 5 rings (SSSR count). The van der Waals surface area contributed by atoms with Crippen molar-refractivity contribution in [2.24, 2.45) is 13.0 Å². The highest BCUT2D eigenvalue weighted by atomic mass is 16.2. The van der Waals surface area contributed by atoms with Gasteiger partial charge < -0.3 is 14.4 Å². The highest BCUT2D eigenvalue weighted by Crippen LogP contribution is 2.44. The lowest BCUT2D eigenvalue weighted by Crippen LogP contribution is -2.54. The highest BCUT2D eigenvalue weighted by Gasteiger charge is 2.47. The minimum absolute atomic E-state index is 0.0285. The van der Waals surface area contributed by atoms with Crippen molar-refractivity contribution in [1.82, 2.24) is 14.4 Å². The SMILES string of the molecule is CCC(C)C(C(=O)N1CCCCC1)N1C(=O)c2ccccc2C1c1cn(C)c2ccccc12. The Bertz CT molecular complexity index is 1190. The lowest BCUT2D eigenvalue weighted by Gasteiger charge is -2.40. The van der Waals surface area contributed by atoms with E-state index < -0.39 is 6.04 Å². The zero-order chi connectivity index (χ0) is 23.1. The van der Waals surface area contributed by atoms with Crippen LogP contribution in [0.3, 0.4) is 0 Å². The molecule has 1 aromatic heterocycles. The lowest BCUT2D eigenvalue weighted by molar-refractivity contribution is -0.139. The van der Waals surface area contributed by atoms with Gasteiger partial charge in [0, 0.05) is 48.4 Å². The summed E-state index contributed by atoms with van der Waals surface area (Å²) in [7, 11) is 2.05. The van der Waals surface area contributed by atoms with E-state index in [9.17, 15) is 9.59 Å². The van der Waals surface area contributed by atoms with Gasteiger partial charge in [-0.25, -0.2) is 0 Å². The standard InChI is InChI=1S/C28H33N3O2/c1-4-19(2)25(28(33)30-16-10-5-11-17-30)31-26(21-13-6-7-14-22(21)27(31)32)23-18-29(3)24-15-9-8-12-20(23)24/h6-9,12-15,18-19,25-26H,4-5,10-11,16-17H2,1-3H3. The second kappa shape index (κ2) is 8.69. The summed E-state index contributed by atoms with van der Waals surface area (Å²) >= 11 is 0. The normalized spacial score (nSPS) is 20.2. The molecule has 5 heteroatoms. The summed E-state index contributed by atoms with van der Waals surface area (Å²) in [4.78, 5) is 31.8. The van der Waals surface area contributed by atoms with Crippen LogP contribution in [0.5, 0.6) is 0 Å². The van der Waals surface area contributed by atoms with Gasteiger partial charge in [-0.2, -0.15) is 0 Å². The molecule has 5 nitrogen and oxygen atoms in total. The molecule has 3 aromatic rings. The first-order valence-corrected chi connectivity index (χ1v) is 12.3. The molecule has 1 saturated heterocycles. The average Bonchev–Trinajstić information content (AvgIpc) is 3.34. The Hall–Kier alpha value is -3.08. The van der Waals surface area contributed by atoms with Crippen LogP contribution in [-0.2, 0) is 11.8 Å². The van der Waals surface area contributed by atoms with Crippen molar-refractivity contribution in [3.63, 3.8) is 0 Å². The van der Waals surface area contributed by atoms with Gasteiger partial charge >= 0.3 is 0 Å². The number of hydrogen-bond acceptors (Lipinski definition) is 2. The molecule has 2 aliphatic rings. The summed E-state index contributed by atoms with van der Waals surface area (Å²) < 4.78 is 2.12. The third kappa shape index (κ3) is 3.54. The zero-order valence-corrected chi connectivity index (χ0v) is 19.8. The third-order valence-corrected chi connectivity index (χ3v) is 7.62. The van der Waals surface area contributed by atoms with E-state index >= 15 is 0 Å². The van der Waals surface area contributed by atoms with Gasteiger partial charge in [0.25, 0.3) is 5.91 Å². The number of para-hydroxylation sites is 1. The molecule has 3 heterocycles. The monoisotopic (exact) mass is 443 g/mol. The van der Waals surface area contributed by atoms with Gasteiger partial charge in [0.15, 0.2) is 0 Å². The van der Waals surface area contributed by atoms with Crippen molar-refractivity contribution in [1.29, 1.82) is 0 Å². The molecule has 0 N–H and O–H groups in total. The first-order chi connectivity index (χ1) is 16.0. The predicted molar refractivity (Wildman–Crippen MR) is 131 cm³/mol. The van der Waals surface area contributed by atoms with E-state index in [1.165, 1.54) is 6.42 Å². The number of rotatable bonds is 5. The van der Waals surface area contributed by atoms with Crippen LogP contribution in [0.4, 0.5) is 0 Å². The van der Waals surface area contributed by atoms with Crippen LogP contribution in [-0.4, -0.2) is 45.3 Å². The van der Waals surface area contributed by atoms with Gasteiger partial charge in [-0.1, -0.05) is 56.7 Å². The molecule has 33 heavy (non-hydrogen) atoms. The molecule has 3 atom stereocenters. The van der Waals surface area contributed by atoms with E-state index in [1.807, 2.05) is 47.2 Å². The Morgan fingerprint density at radius 1 is 1.00 bits per heavy atom. The number of carbonyl (C=O) groups excluding carboxylic acids is 2. The number of aryl methyl sites for hydroxylation is 1. The number of aromatic nitrogens is 1. The molecule has 3 unspecified atom stereocenters. The van der Waals surface area contributed by atoms with E-state index in [4.69, 9.17) is 0 Å². The summed E-state index contributed by atoms with van der Waals surface area (Å²) in [5, 5.41) is 1.13. The van der Waals surface area contributed by atoms with Gasteiger partial charge in [0.2, 0.25) is 5.91 Å². The Morgan fingerprint density at radius 2 is 1.70 bits per heavy atom. The molecule has 0 saturated carbocycles. The van der Waals surface area contributed by atoms with Gasteiger partial charge in [-0.15, -0.1) is 0 Å². The van der Waals surface area contributed by atoms with E-state index in [1.54, 1.807) is 0 Å². The maximum absolute atomic E-state index is 14.0. The summed E-state index contributed by atoms with van der Waals surface area (Å²) in [6.45, 7) is 5.81. The van der Waals surface area contributed by atoms with Crippen LogP contribution < -0.4 is 0 Å². The van der Waals surface area contributed by atoms with Gasteiger partial charge in [0.1, 0.15) is 6.04 Å². The smallest absolute Gasteiger partial charge is 0.255 e. The number of fused-ring (bicyclic) bond motifs is 2. The van der Waals surface area contributed by atoms with E-state index in [0.29, 0.717) is 0 Å². The van der Waals surface area contributed by atoms with Gasteiger partial charge in [-0.3, -0.25) is 9.59 Å². The molecule has 172 valence electrons. The Balaban J connectivity index is 1.67. The molecule has 0 spiro atoms. The second-order valence-corrected chi connectivity index (χ2v) is 9.63. The Morgan fingerprint density at radius 3 is 2.45 bits per heavy atom. The molecule has 1 fully saturated rings. The molecular weight excluding hydrogens is 410 g/mol. The van der Waals surface area contributed by atoms with Crippen LogP contribution >= 0.6 is 0 Å². The number of carbonyl (C=O) groups is 2. The summed E-state index contributed by atoms with van der Waals surface area (Å²) in [5.74, 6) is 0.143. The van der Waals surface area contributed by atoms with E-state index in [0.717, 1.165) is 59.9 Å². The van der Waals surface area contributed by atoms with Gasteiger partial charge in [-0.05, 0) is 42.9 Å². The molecular formula is C28H33N3O2. The second-order valence-electron chi connectivity index (χ2n) is 9.63. The first-order valence-electron chi connectivity index (χ1n) is 12.3. The van der Waals surface area contributed by atoms with E-state index in [2.05, 4.69) is 42.8 Å². The van der Waals surface area contributed by atoms with Crippen LogP contribution in [0, 0.1) is 5.92 Å². The van der Waals surface area contributed by atoms with Crippen molar-refractivity contribution in [3.05, 3.63) is 71.4 Å². The number of likely N-dealkylation sites (tertiary alicyclic amines) is 1. The molecule has 2 aromatic carbocycles. The quantitative estimate of drug-likeness (QED) is 0.547. The van der Waals surface area contributed by atoms with Crippen molar-refractivity contribution < 1.29 is 9.59 Å². The summed E-state index contributed by atoms with van der Waals surface area (Å²) in [6, 6.07) is 15.5. The minimum atomic E-state index is -0.475. The average molecular weight is 444 g/mol. The van der Waals surface area contributed by atoms with Crippen molar-refractivity contribution in [2.45, 2.75) is 51.6 Å². The first kappa shape index (κ1) is 21.7. The van der Waals surface area contributed by atoms with E-state index in [-0.39, 0.29) is 23.8 Å². The van der Waals surface area contributed by atoms with Crippen LogP contribution in [0.15, 0.2) is 54.7 Å². The van der Waals surface area contributed by atoms with Crippen molar-refractivity contribution in [2.75, 3.05) is 13.1 Å². The molecule has 0 aliphatic carbocycles. The lowest BCUT2D eigenvalue weighted by atomic mass is 9.92. The van der Waals surface area contributed by atoms with Crippen molar-refractivity contribution in [3.8, 4) is 0 Å². The fourth-order valence-corrected chi connectivity index (χ4v) is 5.69. The Kier molecular flexibility index (Phi) is 5.73.